The Hall–Kier alpha value is -2.35. The van der Waals surface area contributed by atoms with Gasteiger partial charge in [0.15, 0.2) is 5.16 Å². The van der Waals surface area contributed by atoms with E-state index in [4.69, 9.17) is 0 Å². The Balaban J connectivity index is 2.08. The van der Waals surface area contributed by atoms with Crippen LogP contribution in [0.15, 0.2) is 35.7 Å². The van der Waals surface area contributed by atoms with Crippen LogP contribution in [-0.2, 0) is 9.59 Å². The second-order valence-electron chi connectivity index (χ2n) is 4.85. The predicted octanol–water partition coefficient (Wildman–Crippen LogP) is 1.84. The highest BCUT2D eigenvalue weighted by Crippen LogP contribution is 2.21. The Bertz CT molecular complexity index is 686. The van der Waals surface area contributed by atoms with E-state index >= 15 is 0 Å². The molecular weight excluding hydrogens is 314 g/mol. The number of carbonyl (C=O) groups is 2. The summed E-state index contributed by atoms with van der Waals surface area (Å²) in [5.41, 5.74) is 1.51. The maximum Gasteiger partial charge on any atom is 0.230 e. The molecule has 0 saturated heterocycles. The third-order valence-electron chi connectivity index (χ3n) is 2.87. The van der Waals surface area contributed by atoms with E-state index in [1.165, 1.54) is 18.7 Å². The Morgan fingerprint density at radius 3 is 2.91 bits per heavy atom. The van der Waals surface area contributed by atoms with Crippen molar-refractivity contribution in [3.05, 3.63) is 30.6 Å². The number of hydrogen-bond acceptors (Lipinski definition) is 5. The molecule has 0 aliphatic carbocycles. The Kier molecular flexibility index (Phi) is 6.16. The third kappa shape index (κ3) is 5.10. The number of aromatic nitrogens is 3. The van der Waals surface area contributed by atoms with Crippen LogP contribution in [0.4, 0.5) is 5.69 Å². The van der Waals surface area contributed by atoms with Crippen molar-refractivity contribution in [1.82, 2.24) is 20.1 Å². The zero-order valence-electron chi connectivity index (χ0n) is 13.1. The maximum absolute atomic E-state index is 11.7. The van der Waals surface area contributed by atoms with E-state index in [1.807, 2.05) is 25.1 Å². The molecule has 1 aromatic heterocycles. The molecule has 1 heterocycles. The SMILES string of the molecule is CCCNC(=O)CSc1nncn1-c1cccc(NC(C)=O)c1. The molecule has 0 radical (unpaired) electrons. The molecule has 2 N–H and O–H groups in total. The number of rotatable bonds is 7. The predicted molar refractivity (Wildman–Crippen MR) is 89.7 cm³/mol. The number of carbonyl (C=O) groups excluding carboxylic acids is 2. The summed E-state index contributed by atoms with van der Waals surface area (Å²) in [6.07, 6.45) is 2.49. The number of nitrogens with one attached hydrogen (secondary N) is 2. The quantitative estimate of drug-likeness (QED) is 0.755. The van der Waals surface area contributed by atoms with Crippen molar-refractivity contribution in [3.63, 3.8) is 0 Å². The van der Waals surface area contributed by atoms with Gasteiger partial charge in [-0.05, 0) is 24.6 Å². The van der Waals surface area contributed by atoms with Crippen LogP contribution in [0.5, 0.6) is 0 Å². The first-order valence-electron chi connectivity index (χ1n) is 7.27. The second-order valence-corrected chi connectivity index (χ2v) is 5.80. The molecule has 7 nitrogen and oxygen atoms in total. The lowest BCUT2D eigenvalue weighted by atomic mass is 10.2. The van der Waals surface area contributed by atoms with Crippen LogP contribution in [0.2, 0.25) is 0 Å². The van der Waals surface area contributed by atoms with E-state index in [9.17, 15) is 9.59 Å². The number of thioether (sulfide) groups is 1. The van der Waals surface area contributed by atoms with Crippen molar-refractivity contribution in [2.45, 2.75) is 25.4 Å². The molecule has 0 saturated carbocycles. The van der Waals surface area contributed by atoms with Crippen LogP contribution >= 0.6 is 11.8 Å². The lowest BCUT2D eigenvalue weighted by molar-refractivity contribution is -0.118. The van der Waals surface area contributed by atoms with Gasteiger partial charge in [-0.3, -0.25) is 14.2 Å². The highest BCUT2D eigenvalue weighted by molar-refractivity contribution is 7.99. The van der Waals surface area contributed by atoms with Crippen molar-refractivity contribution >= 4 is 29.3 Å². The Morgan fingerprint density at radius 2 is 2.17 bits per heavy atom. The van der Waals surface area contributed by atoms with E-state index in [2.05, 4.69) is 20.8 Å². The maximum atomic E-state index is 11.7. The second kappa shape index (κ2) is 8.33. The van der Waals surface area contributed by atoms with E-state index < -0.39 is 0 Å². The van der Waals surface area contributed by atoms with Gasteiger partial charge in [0.1, 0.15) is 6.33 Å². The molecule has 2 rings (SSSR count). The van der Waals surface area contributed by atoms with Crippen LogP contribution in [-0.4, -0.2) is 38.9 Å². The summed E-state index contributed by atoms with van der Waals surface area (Å²) in [4.78, 5) is 22.8. The first-order valence-corrected chi connectivity index (χ1v) is 8.26. The molecule has 23 heavy (non-hydrogen) atoms. The molecule has 8 heteroatoms. The lowest BCUT2D eigenvalue weighted by Crippen LogP contribution is -2.25. The van der Waals surface area contributed by atoms with Crippen molar-refractivity contribution in [3.8, 4) is 5.69 Å². The fourth-order valence-electron chi connectivity index (χ4n) is 1.88. The third-order valence-corrected chi connectivity index (χ3v) is 3.81. The smallest absolute Gasteiger partial charge is 0.230 e. The standard InChI is InChI=1S/C15H19N5O2S/c1-3-7-16-14(22)9-23-15-19-17-10-20(15)13-6-4-5-12(8-13)18-11(2)21/h4-6,8,10H,3,7,9H2,1-2H3,(H,16,22)(H,18,21). The summed E-state index contributed by atoms with van der Waals surface area (Å²) in [5, 5.41) is 14.1. The zero-order valence-corrected chi connectivity index (χ0v) is 13.9. The Morgan fingerprint density at radius 1 is 1.35 bits per heavy atom. The van der Waals surface area contributed by atoms with E-state index in [0.717, 1.165) is 12.1 Å². The van der Waals surface area contributed by atoms with E-state index in [1.54, 1.807) is 17.0 Å². The molecule has 0 spiro atoms. The lowest BCUT2D eigenvalue weighted by Gasteiger charge is -2.09. The van der Waals surface area contributed by atoms with Crippen LogP contribution < -0.4 is 10.6 Å². The fraction of sp³-hybridized carbons (Fsp3) is 0.333. The normalized spacial score (nSPS) is 10.3. The van der Waals surface area contributed by atoms with Crippen LogP contribution in [0.25, 0.3) is 5.69 Å². The van der Waals surface area contributed by atoms with Crippen LogP contribution in [0.1, 0.15) is 20.3 Å². The zero-order chi connectivity index (χ0) is 16.7. The van der Waals surface area contributed by atoms with Gasteiger partial charge in [0, 0.05) is 19.2 Å². The molecule has 0 fully saturated rings. The molecule has 2 aromatic rings. The minimum Gasteiger partial charge on any atom is -0.355 e. The minimum absolute atomic E-state index is 0.0293. The summed E-state index contributed by atoms with van der Waals surface area (Å²) in [6, 6.07) is 7.35. The molecule has 0 unspecified atom stereocenters. The van der Waals surface area contributed by atoms with Gasteiger partial charge in [0.05, 0.1) is 11.4 Å². The van der Waals surface area contributed by atoms with Gasteiger partial charge >= 0.3 is 0 Å². The molecule has 2 amide bonds. The first-order chi connectivity index (χ1) is 11.1. The van der Waals surface area contributed by atoms with Gasteiger partial charge < -0.3 is 10.6 Å². The molecule has 0 atom stereocenters. The average molecular weight is 333 g/mol. The van der Waals surface area contributed by atoms with Crippen molar-refractivity contribution in [2.75, 3.05) is 17.6 Å². The average Bonchev–Trinajstić information content (AvgIpc) is 2.99. The van der Waals surface area contributed by atoms with Gasteiger partial charge in [-0.2, -0.15) is 0 Å². The number of nitrogens with zero attached hydrogens (tertiary/aromatic N) is 3. The molecule has 1 aromatic carbocycles. The van der Waals surface area contributed by atoms with Gasteiger partial charge in [-0.15, -0.1) is 10.2 Å². The van der Waals surface area contributed by atoms with E-state index in [-0.39, 0.29) is 17.6 Å². The molecule has 0 aliphatic rings. The summed E-state index contributed by atoms with van der Waals surface area (Å²) in [6.45, 7) is 4.14. The summed E-state index contributed by atoms with van der Waals surface area (Å²) in [5.74, 6) is 0.121. The van der Waals surface area contributed by atoms with Crippen molar-refractivity contribution in [2.24, 2.45) is 0 Å². The van der Waals surface area contributed by atoms with Gasteiger partial charge in [-0.25, -0.2) is 0 Å². The van der Waals surface area contributed by atoms with E-state index in [0.29, 0.717) is 17.4 Å². The van der Waals surface area contributed by atoms with Crippen molar-refractivity contribution in [1.29, 1.82) is 0 Å². The number of anilines is 1. The number of benzene rings is 1. The number of amides is 2. The highest BCUT2D eigenvalue weighted by atomic mass is 32.2. The molecule has 0 bridgehead atoms. The van der Waals surface area contributed by atoms with Crippen LogP contribution in [0, 0.1) is 0 Å². The minimum atomic E-state index is -0.131. The van der Waals surface area contributed by atoms with Gasteiger partial charge in [0.25, 0.3) is 0 Å². The molecular formula is C15H19N5O2S. The molecule has 122 valence electrons. The monoisotopic (exact) mass is 333 g/mol. The summed E-state index contributed by atoms with van der Waals surface area (Å²) < 4.78 is 1.78. The topological polar surface area (TPSA) is 88.9 Å². The summed E-state index contributed by atoms with van der Waals surface area (Å²) >= 11 is 1.32. The number of hydrogen-bond donors (Lipinski definition) is 2. The van der Waals surface area contributed by atoms with Crippen molar-refractivity contribution < 1.29 is 9.59 Å². The highest BCUT2D eigenvalue weighted by Gasteiger charge is 2.10. The Labute approximate surface area is 138 Å². The van der Waals surface area contributed by atoms with Crippen LogP contribution in [0.3, 0.4) is 0 Å². The first kappa shape index (κ1) is 17.0. The fourth-order valence-corrected chi connectivity index (χ4v) is 2.64. The molecule has 0 aliphatic heterocycles. The van der Waals surface area contributed by atoms with Gasteiger partial charge in [-0.1, -0.05) is 24.8 Å². The summed E-state index contributed by atoms with van der Waals surface area (Å²) in [7, 11) is 0. The van der Waals surface area contributed by atoms with Gasteiger partial charge in [0.2, 0.25) is 11.8 Å². The largest absolute Gasteiger partial charge is 0.355 e.